The number of aromatic nitrogens is 3. The zero-order valence-corrected chi connectivity index (χ0v) is 11.3. The third kappa shape index (κ3) is 2.48. The number of amides is 1. The number of nitrogens with one attached hydrogen (secondary N) is 2. The van der Waals surface area contributed by atoms with Crippen molar-refractivity contribution in [2.75, 3.05) is 5.32 Å². The standard InChI is InChI=1S/C13H9BrN4O/c14-11-6-5-8(7-15-11)12(19)18-13-16-9-3-1-2-4-10(9)17-13/h1-7H,(H2,16,17,18,19). The van der Waals surface area contributed by atoms with Crippen molar-refractivity contribution in [3.8, 4) is 0 Å². The molecule has 0 spiro atoms. The number of hydrogen-bond acceptors (Lipinski definition) is 3. The molecule has 2 heterocycles. The van der Waals surface area contributed by atoms with E-state index in [1.54, 1.807) is 12.1 Å². The number of halogens is 1. The monoisotopic (exact) mass is 316 g/mol. The summed E-state index contributed by atoms with van der Waals surface area (Å²) in [6, 6.07) is 11.0. The first-order valence-electron chi connectivity index (χ1n) is 5.60. The van der Waals surface area contributed by atoms with E-state index in [-0.39, 0.29) is 5.91 Å². The first kappa shape index (κ1) is 11.9. The number of hydrogen-bond donors (Lipinski definition) is 2. The normalized spacial score (nSPS) is 10.6. The molecule has 1 aromatic carbocycles. The Balaban J connectivity index is 1.84. The topological polar surface area (TPSA) is 70.7 Å². The molecule has 5 nitrogen and oxygen atoms in total. The van der Waals surface area contributed by atoms with Crippen LogP contribution in [0.3, 0.4) is 0 Å². The quantitative estimate of drug-likeness (QED) is 0.714. The van der Waals surface area contributed by atoms with Crippen LogP contribution < -0.4 is 5.32 Å². The third-order valence-corrected chi connectivity index (χ3v) is 3.08. The lowest BCUT2D eigenvalue weighted by Crippen LogP contribution is -2.13. The van der Waals surface area contributed by atoms with Crippen LogP contribution in [-0.4, -0.2) is 20.9 Å². The second kappa shape index (κ2) is 4.81. The lowest BCUT2D eigenvalue weighted by Gasteiger charge is -2.00. The van der Waals surface area contributed by atoms with Crippen molar-refractivity contribution in [2.24, 2.45) is 0 Å². The van der Waals surface area contributed by atoms with Gasteiger partial charge in [-0.2, -0.15) is 0 Å². The zero-order valence-electron chi connectivity index (χ0n) is 9.72. The van der Waals surface area contributed by atoms with Gasteiger partial charge in [0.1, 0.15) is 4.60 Å². The molecule has 0 bridgehead atoms. The van der Waals surface area contributed by atoms with Crippen molar-refractivity contribution in [2.45, 2.75) is 0 Å². The molecule has 0 saturated heterocycles. The van der Waals surface area contributed by atoms with Crippen LogP contribution in [0.4, 0.5) is 5.95 Å². The highest BCUT2D eigenvalue weighted by molar-refractivity contribution is 9.10. The first-order chi connectivity index (χ1) is 9.22. The van der Waals surface area contributed by atoms with Crippen LogP contribution in [0, 0.1) is 0 Å². The maximum absolute atomic E-state index is 12.0. The van der Waals surface area contributed by atoms with E-state index >= 15 is 0 Å². The average molecular weight is 317 g/mol. The fourth-order valence-electron chi connectivity index (χ4n) is 1.70. The van der Waals surface area contributed by atoms with Gasteiger partial charge in [0, 0.05) is 6.20 Å². The molecule has 0 saturated carbocycles. The number of para-hydroxylation sites is 2. The van der Waals surface area contributed by atoms with Crippen LogP contribution in [0.25, 0.3) is 11.0 Å². The summed E-state index contributed by atoms with van der Waals surface area (Å²) in [5, 5.41) is 2.71. The molecule has 0 aliphatic carbocycles. The number of aromatic amines is 1. The molecule has 3 rings (SSSR count). The van der Waals surface area contributed by atoms with Crippen LogP contribution in [0.2, 0.25) is 0 Å². The summed E-state index contributed by atoms with van der Waals surface area (Å²) in [4.78, 5) is 23.3. The lowest BCUT2D eigenvalue weighted by molar-refractivity contribution is 0.102. The van der Waals surface area contributed by atoms with Crippen molar-refractivity contribution in [3.05, 3.63) is 52.8 Å². The minimum atomic E-state index is -0.251. The number of imidazole rings is 1. The molecule has 0 radical (unpaired) electrons. The number of rotatable bonds is 2. The number of nitrogens with zero attached hydrogens (tertiary/aromatic N) is 2. The molecule has 19 heavy (non-hydrogen) atoms. The highest BCUT2D eigenvalue weighted by atomic mass is 79.9. The van der Waals surface area contributed by atoms with E-state index in [0.717, 1.165) is 11.0 Å². The molecule has 0 unspecified atom stereocenters. The van der Waals surface area contributed by atoms with E-state index in [2.05, 4.69) is 36.2 Å². The summed E-state index contributed by atoms with van der Waals surface area (Å²) in [6.45, 7) is 0. The van der Waals surface area contributed by atoms with Crippen molar-refractivity contribution < 1.29 is 4.79 Å². The van der Waals surface area contributed by atoms with Gasteiger partial charge in [0.15, 0.2) is 0 Å². The zero-order chi connectivity index (χ0) is 13.2. The van der Waals surface area contributed by atoms with Crippen LogP contribution >= 0.6 is 15.9 Å². The smallest absolute Gasteiger partial charge is 0.259 e. The highest BCUT2D eigenvalue weighted by Gasteiger charge is 2.09. The largest absolute Gasteiger partial charge is 0.324 e. The molecule has 0 atom stereocenters. The Morgan fingerprint density at radius 2 is 2.05 bits per heavy atom. The fraction of sp³-hybridized carbons (Fsp3) is 0. The molecule has 0 fully saturated rings. The van der Waals surface area contributed by atoms with Gasteiger partial charge in [0.05, 0.1) is 16.6 Å². The van der Waals surface area contributed by atoms with E-state index in [1.165, 1.54) is 6.20 Å². The number of fused-ring (bicyclic) bond motifs is 1. The summed E-state index contributed by atoms with van der Waals surface area (Å²) in [5.41, 5.74) is 2.17. The Bertz CT molecular complexity index is 703. The Labute approximate surface area is 117 Å². The van der Waals surface area contributed by atoms with Crippen LogP contribution in [0.5, 0.6) is 0 Å². The van der Waals surface area contributed by atoms with Gasteiger partial charge >= 0.3 is 0 Å². The molecule has 3 aromatic rings. The Kier molecular flexibility index (Phi) is 3.00. The van der Waals surface area contributed by atoms with Crippen LogP contribution in [0.15, 0.2) is 47.2 Å². The van der Waals surface area contributed by atoms with Gasteiger partial charge in [-0.15, -0.1) is 0 Å². The molecule has 0 aliphatic heterocycles. The number of carbonyl (C=O) groups is 1. The molecule has 6 heteroatoms. The molecular formula is C13H9BrN4O. The van der Waals surface area contributed by atoms with Gasteiger partial charge < -0.3 is 4.98 Å². The van der Waals surface area contributed by atoms with Gasteiger partial charge in [-0.1, -0.05) is 12.1 Å². The van der Waals surface area contributed by atoms with E-state index in [4.69, 9.17) is 0 Å². The number of benzene rings is 1. The lowest BCUT2D eigenvalue weighted by atomic mass is 10.3. The predicted octanol–water partition coefficient (Wildman–Crippen LogP) is 2.97. The SMILES string of the molecule is O=C(Nc1nc2ccccc2[nH]1)c1ccc(Br)nc1. The summed E-state index contributed by atoms with van der Waals surface area (Å²) in [7, 11) is 0. The minimum Gasteiger partial charge on any atom is -0.324 e. The summed E-state index contributed by atoms with van der Waals surface area (Å²) in [5.74, 6) is 0.174. The van der Waals surface area contributed by atoms with E-state index < -0.39 is 0 Å². The van der Waals surface area contributed by atoms with E-state index in [1.807, 2.05) is 24.3 Å². The van der Waals surface area contributed by atoms with Crippen LogP contribution in [0.1, 0.15) is 10.4 Å². The number of anilines is 1. The van der Waals surface area contributed by atoms with Gasteiger partial charge in [-0.05, 0) is 40.2 Å². The molecular weight excluding hydrogens is 308 g/mol. The minimum absolute atomic E-state index is 0.251. The van der Waals surface area contributed by atoms with E-state index in [0.29, 0.717) is 16.1 Å². The number of H-pyrrole nitrogens is 1. The van der Waals surface area contributed by atoms with Crippen molar-refractivity contribution in [3.63, 3.8) is 0 Å². The van der Waals surface area contributed by atoms with Gasteiger partial charge in [0.25, 0.3) is 5.91 Å². The first-order valence-corrected chi connectivity index (χ1v) is 6.39. The second-order valence-corrected chi connectivity index (χ2v) is 4.74. The van der Waals surface area contributed by atoms with Gasteiger partial charge in [0.2, 0.25) is 5.95 Å². The van der Waals surface area contributed by atoms with Crippen molar-refractivity contribution >= 4 is 38.8 Å². The van der Waals surface area contributed by atoms with Gasteiger partial charge in [-0.3, -0.25) is 10.1 Å². The summed E-state index contributed by atoms with van der Waals surface area (Å²) >= 11 is 3.22. The average Bonchev–Trinajstić information content (AvgIpc) is 2.81. The molecule has 94 valence electrons. The second-order valence-electron chi connectivity index (χ2n) is 3.93. The maximum Gasteiger partial charge on any atom is 0.259 e. The highest BCUT2D eigenvalue weighted by Crippen LogP contribution is 2.14. The molecule has 2 N–H and O–H groups in total. The molecule has 0 aliphatic rings. The van der Waals surface area contributed by atoms with Gasteiger partial charge in [-0.25, -0.2) is 9.97 Å². The van der Waals surface area contributed by atoms with Crippen molar-refractivity contribution in [1.82, 2.24) is 15.0 Å². The third-order valence-electron chi connectivity index (χ3n) is 2.61. The predicted molar refractivity (Wildman–Crippen MR) is 76.0 cm³/mol. The van der Waals surface area contributed by atoms with E-state index in [9.17, 15) is 4.79 Å². The fourth-order valence-corrected chi connectivity index (χ4v) is 1.94. The molecule has 1 amide bonds. The number of pyridine rings is 1. The summed E-state index contributed by atoms with van der Waals surface area (Å²) in [6.07, 6.45) is 1.50. The van der Waals surface area contributed by atoms with Crippen molar-refractivity contribution in [1.29, 1.82) is 0 Å². The Morgan fingerprint density at radius 3 is 2.79 bits per heavy atom. The number of carbonyl (C=O) groups excluding carboxylic acids is 1. The Morgan fingerprint density at radius 1 is 1.21 bits per heavy atom. The maximum atomic E-state index is 12.0. The van der Waals surface area contributed by atoms with Crippen LogP contribution in [-0.2, 0) is 0 Å². The molecule has 2 aromatic heterocycles. The Hall–Kier alpha value is -2.21. The summed E-state index contributed by atoms with van der Waals surface area (Å²) < 4.78 is 0.688.